The molecule has 0 radical (unpaired) electrons. The topological polar surface area (TPSA) is 75.7 Å². The van der Waals surface area contributed by atoms with Crippen molar-refractivity contribution in [2.75, 3.05) is 30.3 Å². The van der Waals surface area contributed by atoms with Crippen molar-refractivity contribution >= 4 is 21.6 Å². The third-order valence-corrected chi connectivity index (χ3v) is 5.76. The van der Waals surface area contributed by atoms with Crippen LogP contribution in [-0.2, 0) is 21.2 Å². The third-order valence-electron chi connectivity index (χ3n) is 4.62. The summed E-state index contributed by atoms with van der Waals surface area (Å²) in [6.07, 6.45) is 3.23. The number of hydrogen-bond donors (Lipinski definition) is 1. The molecule has 0 fully saturated rings. The summed E-state index contributed by atoms with van der Waals surface area (Å²) in [6, 6.07) is 13.2. The number of benzene rings is 2. The molecular formula is C22H30N2O4S. The van der Waals surface area contributed by atoms with Crippen LogP contribution in [0.5, 0.6) is 5.75 Å². The van der Waals surface area contributed by atoms with E-state index < -0.39 is 10.0 Å². The molecule has 0 spiro atoms. The van der Waals surface area contributed by atoms with Crippen LogP contribution in [-0.4, -0.2) is 40.3 Å². The van der Waals surface area contributed by atoms with Gasteiger partial charge in [-0.2, -0.15) is 0 Å². The highest BCUT2D eigenvalue weighted by atomic mass is 32.2. The Hall–Kier alpha value is -2.54. The van der Waals surface area contributed by atoms with Gasteiger partial charge < -0.3 is 10.1 Å². The highest BCUT2D eigenvalue weighted by Gasteiger charge is 2.21. The second kappa shape index (κ2) is 10.3. The molecule has 1 N–H and O–H groups in total. The smallest absolute Gasteiger partial charge is 0.240 e. The summed E-state index contributed by atoms with van der Waals surface area (Å²) < 4.78 is 31.1. The fourth-order valence-corrected chi connectivity index (χ4v) is 3.72. The van der Waals surface area contributed by atoms with E-state index in [0.717, 1.165) is 40.3 Å². The van der Waals surface area contributed by atoms with Crippen molar-refractivity contribution in [2.45, 2.75) is 33.6 Å². The first kappa shape index (κ1) is 22.7. The van der Waals surface area contributed by atoms with Crippen LogP contribution in [0.25, 0.3) is 0 Å². The van der Waals surface area contributed by atoms with Crippen molar-refractivity contribution < 1.29 is 17.9 Å². The summed E-state index contributed by atoms with van der Waals surface area (Å²) in [5.41, 5.74) is 3.77. The molecule has 0 bridgehead atoms. The fourth-order valence-electron chi connectivity index (χ4n) is 2.87. The Balaban J connectivity index is 1.87. The summed E-state index contributed by atoms with van der Waals surface area (Å²) in [4.78, 5) is 12.3. The molecule has 0 aliphatic heterocycles. The maximum atomic E-state index is 12.3. The first-order valence-electron chi connectivity index (χ1n) is 9.74. The number of rotatable bonds is 10. The molecule has 0 heterocycles. The first-order chi connectivity index (χ1) is 13.7. The zero-order chi connectivity index (χ0) is 21.4. The van der Waals surface area contributed by atoms with Crippen molar-refractivity contribution in [1.29, 1.82) is 0 Å². The first-order valence-corrected chi connectivity index (χ1v) is 11.6. The Morgan fingerprint density at radius 2 is 1.76 bits per heavy atom. The van der Waals surface area contributed by atoms with Crippen LogP contribution in [0.1, 0.15) is 30.0 Å². The van der Waals surface area contributed by atoms with E-state index in [1.54, 1.807) is 12.1 Å². The Bertz CT molecular complexity index is 924. The maximum Gasteiger partial charge on any atom is 0.240 e. The largest absolute Gasteiger partial charge is 0.492 e. The van der Waals surface area contributed by atoms with Crippen LogP contribution >= 0.6 is 0 Å². The lowest BCUT2D eigenvalue weighted by Crippen LogP contribution is -2.41. The van der Waals surface area contributed by atoms with Gasteiger partial charge in [0.1, 0.15) is 18.9 Å². The van der Waals surface area contributed by atoms with E-state index in [9.17, 15) is 13.2 Å². The summed E-state index contributed by atoms with van der Waals surface area (Å²) in [6.45, 7) is 6.33. The second-order valence-electron chi connectivity index (χ2n) is 7.13. The molecule has 7 heteroatoms. The maximum absolute atomic E-state index is 12.3. The van der Waals surface area contributed by atoms with E-state index >= 15 is 0 Å². The van der Waals surface area contributed by atoms with Gasteiger partial charge in [-0.15, -0.1) is 0 Å². The number of carbonyl (C=O) groups excluding carboxylic acids is 1. The lowest BCUT2D eigenvalue weighted by molar-refractivity contribution is -0.119. The number of sulfonamides is 1. The monoisotopic (exact) mass is 418 g/mol. The van der Waals surface area contributed by atoms with Crippen molar-refractivity contribution in [2.24, 2.45) is 0 Å². The molecular weight excluding hydrogens is 388 g/mol. The van der Waals surface area contributed by atoms with Crippen LogP contribution in [0.15, 0.2) is 42.5 Å². The van der Waals surface area contributed by atoms with Gasteiger partial charge in [-0.1, -0.05) is 31.5 Å². The van der Waals surface area contributed by atoms with Gasteiger partial charge in [0.05, 0.1) is 18.5 Å². The highest BCUT2D eigenvalue weighted by molar-refractivity contribution is 7.92. The lowest BCUT2D eigenvalue weighted by Gasteiger charge is -2.22. The molecule has 0 aliphatic carbocycles. The van der Waals surface area contributed by atoms with E-state index in [1.165, 1.54) is 5.56 Å². The Kier molecular flexibility index (Phi) is 8.08. The zero-order valence-electron chi connectivity index (χ0n) is 17.6. The van der Waals surface area contributed by atoms with Crippen molar-refractivity contribution in [3.8, 4) is 5.75 Å². The number of nitrogens with one attached hydrogen (secondary N) is 1. The minimum Gasteiger partial charge on any atom is -0.492 e. The summed E-state index contributed by atoms with van der Waals surface area (Å²) in [5.74, 6) is 0.363. The molecule has 2 aromatic rings. The van der Waals surface area contributed by atoms with Gasteiger partial charge in [0, 0.05) is 0 Å². The molecule has 0 saturated carbocycles. The van der Waals surface area contributed by atoms with Gasteiger partial charge in [-0.3, -0.25) is 9.10 Å². The SMILES string of the molecule is CCCc1ccc(OCCNC(=O)CN(c2ccc(C)c(C)c2)S(C)(=O)=O)cc1. The van der Waals surface area contributed by atoms with E-state index in [0.29, 0.717) is 18.8 Å². The van der Waals surface area contributed by atoms with Crippen LogP contribution in [0.4, 0.5) is 5.69 Å². The quantitative estimate of drug-likeness (QED) is 0.601. The van der Waals surface area contributed by atoms with Crippen molar-refractivity contribution in [1.82, 2.24) is 5.32 Å². The second-order valence-corrected chi connectivity index (χ2v) is 9.04. The Morgan fingerprint density at radius 3 is 2.34 bits per heavy atom. The van der Waals surface area contributed by atoms with E-state index in [1.807, 2.05) is 44.2 Å². The highest BCUT2D eigenvalue weighted by Crippen LogP contribution is 2.21. The summed E-state index contributed by atoms with van der Waals surface area (Å²) in [5, 5.41) is 2.71. The molecule has 2 aromatic carbocycles. The number of anilines is 1. The average Bonchev–Trinajstić information content (AvgIpc) is 2.66. The number of amides is 1. The van der Waals surface area contributed by atoms with Gasteiger partial charge in [0.15, 0.2) is 0 Å². The Morgan fingerprint density at radius 1 is 1.07 bits per heavy atom. The zero-order valence-corrected chi connectivity index (χ0v) is 18.4. The predicted octanol–water partition coefficient (Wildman–Crippen LogP) is 3.22. The number of ether oxygens (including phenoxy) is 1. The van der Waals surface area contributed by atoms with Gasteiger partial charge in [-0.25, -0.2) is 8.42 Å². The van der Waals surface area contributed by atoms with Crippen molar-refractivity contribution in [3.05, 3.63) is 59.2 Å². The molecule has 0 aliphatic rings. The molecule has 0 aromatic heterocycles. The predicted molar refractivity (Wildman–Crippen MR) is 117 cm³/mol. The molecule has 0 atom stereocenters. The van der Waals surface area contributed by atoms with Gasteiger partial charge >= 0.3 is 0 Å². The average molecular weight is 419 g/mol. The number of aryl methyl sites for hydroxylation is 3. The molecule has 158 valence electrons. The summed E-state index contributed by atoms with van der Waals surface area (Å²) >= 11 is 0. The Labute approximate surface area is 173 Å². The molecule has 0 unspecified atom stereocenters. The van der Waals surface area contributed by atoms with Crippen LogP contribution < -0.4 is 14.4 Å². The summed E-state index contributed by atoms with van der Waals surface area (Å²) in [7, 11) is -3.58. The van der Waals surface area contributed by atoms with Crippen LogP contribution in [0, 0.1) is 13.8 Å². The molecule has 1 amide bonds. The molecule has 6 nitrogen and oxygen atoms in total. The van der Waals surface area contributed by atoms with Gasteiger partial charge in [-0.05, 0) is 61.2 Å². The standard InChI is InChI=1S/C22H30N2O4S/c1-5-6-19-8-11-21(12-9-19)28-14-13-23-22(25)16-24(29(4,26)27)20-10-7-17(2)18(3)15-20/h7-12,15H,5-6,13-14,16H2,1-4H3,(H,23,25). The molecule has 0 saturated heterocycles. The normalized spacial score (nSPS) is 11.2. The minimum atomic E-state index is -3.58. The van der Waals surface area contributed by atoms with E-state index in [2.05, 4.69) is 12.2 Å². The number of hydrogen-bond acceptors (Lipinski definition) is 4. The van der Waals surface area contributed by atoms with E-state index in [4.69, 9.17) is 4.74 Å². The van der Waals surface area contributed by atoms with Gasteiger partial charge in [0.25, 0.3) is 0 Å². The minimum absolute atomic E-state index is 0.271. The van der Waals surface area contributed by atoms with E-state index in [-0.39, 0.29) is 12.5 Å². The third kappa shape index (κ3) is 7.09. The molecule has 29 heavy (non-hydrogen) atoms. The van der Waals surface area contributed by atoms with Gasteiger partial charge in [0.2, 0.25) is 15.9 Å². The van der Waals surface area contributed by atoms with Crippen LogP contribution in [0.2, 0.25) is 0 Å². The van der Waals surface area contributed by atoms with Crippen LogP contribution in [0.3, 0.4) is 0 Å². The lowest BCUT2D eigenvalue weighted by atomic mass is 10.1. The van der Waals surface area contributed by atoms with Crippen molar-refractivity contribution in [3.63, 3.8) is 0 Å². The number of nitrogens with zero attached hydrogens (tertiary/aromatic N) is 1. The fraction of sp³-hybridized carbons (Fsp3) is 0.409. The number of carbonyl (C=O) groups is 1. The molecule has 2 rings (SSSR count).